The number of phenols is 1. The summed E-state index contributed by atoms with van der Waals surface area (Å²) in [6.07, 6.45) is 2.79. The molecule has 0 atom stereocenters. The molecule has 0 heterocycles. The lowest BCUT2D eigenvalue weighted by Gasteiger charge is -2.05. The van der Waals surface area contributed by atoms with Gasteiger partial charge in [0.15, 0.2) is 0 Å². The summed E-state index contributed by atoms with van der Waals surface area (Å²) < 4.78 is 0. The highest BCUT2D eigenvalue weighted by atomic mass is 16.3. The zero-order valence-electron chi connectivity index (χ0n) is 7.80. The molecule has 1 N–H and O–H groups in total. The fourth-order valence-corrected chi connectivity index (χ4v) is 1.18. The third-order valence-corrected chi connectivity index (χ3v) is 1.86. The van der Waals surface area contributed by atoms with Crippen LogP contribution in [0.15, 0.2) is 28.2 Å². The van der Waals surface area contributed by atoms with E-state index >= 15 is 0 Å². The van der Waals surface area contributed by atoms with E-state index in [0.717, 1.165) is 0 Å². The van der Waals surface area contributed by atoms with Crippen LogP contribution in [0.3, 0.4) is 0 Å². The van der Waals surface area contributed by atoms with Crippen LogP contribution in [0.1, 0.15) is 11.1 Å². The first-order chi connectivity index (χ1) is 7.29. The molecule has 0 unspecified atom stereocenters. The van der Waals surface area contributed by atoms with Crippen molar-refractivity contribution in [1.82, 2.24) is 0 Å². The van der Waals surface area contributed by atoms with Crippen molar-refractivity contribution in [2.45, 2.75) is 13.1 Å². The van der Waals surface area contributed by atoms with Gasteiger partial charge in [0.05, 0.1) is 13.1 Å². The molecule has 0 saturated heterocycles. The summed E-state index contributed by atoms with van der Waals surface area (Å²) in [7, 11) is 0. The van der Waals surface area contributed by atoms with Gasteiger partial charge in [-0.1, -0.05) is 12.1 Å². The van der Waals surface area contributed by atoms with Gasteiger partial charge in [0.1, 0.15) is 5.75 Å². The predicted octanol–water partition coefficient (Wildman–Crippen LogP) is 1.06. The quantitative estimate of drug-likeness (QED) is 0.588. The standard InChI is InChI=1S/C10H8N2O3/c13-6-11-4-8-2-1-3-10(15)9(8)5-12-7-14/h1-3,15H,4-5H2. The molecule has 0 amide bonds. The van der Waals surface area contributed by atoms with Gasteiger partial charge in [-0.05, 0) is 11.6 Å². The molecule has 0 aliphatic rings. The molecule has 0 saturated carbocycles. The second kappa shape index (κ2) is 5.50. The van der Waals surface area contributed by atoms with E-state index in [1.807, 2.05) is 0 Å². The highest BCUT2D eigenvalue weighted by molar-refractivity contribution is 5.42. The maximum absolute atomic E-state index is 9.96. The van der Waals surface area contributed by atoms with Crippen molar-refractivity contribution >= 4 is 12.2 Å². The third kappa shape index (κ3) is 2.88. The van der Waals surface area contributed by atoms with Gasteiger partial charge in [-0.15, -0.1) is 0 Å². The second-order valence-electron chi connectivity index (χ2n) is 2.73. The first-order valence-electron chi connectivity index (χ1n) is 4.16. The van der Waals surface area contributed by atoms with Crippen LogP contribution in [0.4, 0.5) is 0 Å². The van der Waals surface area contributed by atoms with Crippen LogP contribution in [0.2, 0.25) is 0 Å². The van der Waals surface area contributed by atoms with Crippen molar-refractivity contribution in [1.29, 1.82) is 0 Å². The number of rotatable bonds is 4. The summed E-state index contributed by atoms with van der Waals surface area (Å²) in [6.45, 7) is 0.140. The monoisotopic (exact) mass is 204 g/mol. The Labute approximate surface area is 85.8 Å². The minimum atomic E-state index is 0.0209. The van der Waals surface area contributed by atoms with Crippen molar-refractivity contribution in [3.63, 3.8) is 0 Å². The lowest BCUT2D eigenvalue weighted by atomic mass is 10.1. The minimum Gasteiger partial charge on any atom is -0.508 e. The van der Waals surface area contributed by atoms with E-state index < -0.39 is 0 Å². The first kappa shape index (κ1) is 10.9. The number of hydrogen-bond donors (Lipinski definition) is 1. The van der Waals surface area contributed by atoms with Crippen molar-refractivity contribution in [2.75, 3.05) is 0 Å². The van der Waals surface area contributed by atoms with Crippen LogP contribution in [0.5, 0.6) is 5.75 Å². The Bertz CT molecular complexity index is 444. The van der Waals surface area contributed by atoms with Crippen LogP contribution in [-0.2, 0) is 22.7 Å². The zero-order chi connectivity index (χ0) is 11.1. The molecule has 1 aromatic rings. The number of hydrogen-bond acceptors (Lipinski definition) is 5. The van der Waals surface area contributed by atoms with Crippen LogP contribution < -0.4 is 0 Å². The maximum Gasteiger partial charge on any atom is 0.235 e. The Morgan fingerprint density at radius 2 is 1.80 bits per heavy atom. The summed E-state index contributed by atoms with van der Waals surface area (Å²) in [5.41, 5.74) is 1.11. The molecule has 0 aromatic heterocycles. The maximum atomic E-state index is 9.96. The Balaban J connectivity index is 3.06. The number of aromatic hydroxyl groups is 1. The average Bonchev–Trinajstić information content (AvgIpc) is 2.25. The molecule has 0 aliphatic carbocycles. The van der Waals surface area contributed by atoms with Gasteiger partial charge in [-0.2, -0.15) is 0 Å². The molecule has 0 spiro atoms. The number of aliphatic imine (C=N–C) groups is 2. The smallest absolute Gasteiger partial charge is 0.235 e. The van der Waals surface area contributed by atoms with Gasteiger partial charge in [-0.3, -0.25) is 0 Å². The van der Waals surface area contributed by atoms with Crippen molar-refractivity contribution in [2.24, 2.45) is 9.98 Å². The van der Waals surface area contributed by atoms with Crippen LogP contribution in [0.25, 0.3) is 0 Å². The number of phenolic OH excluding ortho intramolecular Hbond substituents is 1. The summed E-state index contributed by atoms with van der Waals surface area (Å²) in [5.74, 6) is 0.0209. The fourth-order valence-electron chi connectivity index (χ4n) is 1.18. The third-order valence-electron chi connectivity index (χ3n) is 1.86. The molecular formula is C10H8N2O3. The number of carbonyl (C=O) groups excluding carboxylic acids is 2. The van der Waals surface area contributed by atoms with E-state index in [4.69, 9.17) is 0 Å². The average molecular weight is 204 g/mol. The van der Waals surface area contributed by atoms with Gasteiger partial charge in [-0.25, -0.2) is 19.6 Å². The molecule has 1 aromatic carbocycles. The predicted molar refractivity (Wildman–Crippen MR) is 51.8 cm³/mol. The summed E-state index contributed by atoms with van der Waals surface area (Å²) in [4.78, 5) is 26.7. The molecule has 76 valence electrons. The Hall–Kier alpha value is -2.22. The number of isocyanates is 2. The molecule has 0 fully saturated rings. The lowest BCUT2D eigenvalue weighted by molar-refractivity contribution is 0.467. The van der Waals surface area contributed by atoms with E-state index in [2.05, 4.69) is 9.98 Å². The van der Waals surface area contributed by atoms with Gasteiger partial charge >= 0.3 is 0 Å². The highest BCUT2D eigenvalue weighted by Crippen LogP contribution is 2.22. The van der Waals surface area contributed by atoms with Gasteiger partial charge in [0.25, 0.3) is 0 Å². The molecular weight excluding hydrogens is 196 g/mol. The number of nitrogens with zero attached hydrogens (tertiary/aromatic N) is 2. The molecule has 0 bridgehead atoms. The van der Waals surface area contributed by atoms with E-state index in [-0.39, 0.29) is 18.8 Å². The number of benzene rings is 1. The first-order valence-corrected chi connectivity index (χ1v) is 4.16. The second-order valence-corrected chi connectivity index (χ2v) is 2.73. The minimum absolute atomic E-state index is 0.0209. The normalized spacial score (nSPS) is 8.80. The fraction of sp³-hybridized carbons (Fsp3) is 0.200. The van der Waals surface area contributed by atoms with Gasteiger partial charge < -0.3 is 5.11 Å². The Kier molecular flexibility index (Phi) is 3.98. The molecule has 5 nitrogen and oxygen atoms in total. The summed E-state index contributed by atoms with van der Waals surface area (Å²) >= 11 is 0. The Morgan fingerprint density at radius 3 is 2.47 bits per heavy atom. The molecule has 1 rings (SSSR count). The highest BCUT2D eigenvalue weighted by Gasteiger charge is 2.06. The van der Waals surface area contributed by atoms with Crippen LogP contribution in [0, 0.1) is 0 Å². The van der Waals surface area contributed by atoms with E-state index in [9.17, 15) is 14.7 Å². The van der Waals surface area contributed by atoms with Gasteiger partial charge in [0.2, 0.25) is 12.2 Å². The van der Waals surface area contributed by atoms with Crippen LogP contribution in [-0.4, -0.2) is 17.3 Å². The van der Waals surface area contributed by atoms with Crippen molar-refractivity contribution in [3.8, 4) is 5.75 Å². The lowest BCUT2D eigenvalue weighted by Crippen LogP contribution is -1.92. The zero-order valence-corrected chi connectivity index (χ0v) is 7.80. The summed E-state index contributed by atoms with van der Waals surface area (Å²) in [5, 5.41) is 9.49. The SMILES string of the molecule is O=C=NCc1cccc(O)c1CN=C=O. The van der Waals surface area contributed by atoms with E-state index in [0.29, 0.717) is 11.1 Å². The van der Waals surface area contributed by atoms with E-state index in [1.165, 1.54) is 18.2 Å². The van der Waals surface area contributed by atoms with Crippen LogP contribution >= 0.6 is 0 Å². The molecule has 15 heavy (non-hydrogen) atoms. The molecule has 0 aliphatic heterocycles. The Morgan fingerprint density at radius 1 is 1.13 bits per heavy atom. The topological polar surface area (TPSA) is 79.1 Å². The summed E-state index contributed by atoms with van der Waals surface area (Å²) in [6, 6.07) is 4.79. The van der Waals surface area contributed by atoms with Crippen molar-refractivity contribution < 1.29 is 14.7 Å². The largest absolute Gasteiger partial charge is 0.508 e. The van der Waals surface area contributed by atoms with Crippen molar-refractivity contribution in [3.05, 3.63) is 29.3 Å². The molecule has 5 heteroatoms. The van der Waals surface area contributed by atoms with Gasteiger partial charge in [0, 0.05) is 5.56 Å². The molecule has 0 radical (unpaired) electrons. The van der Waals surface area contributed by atoms with E-state index in [1.54, 1.807) is 12.1 Å².